The van der Waals surface area contributed by atoms with Crippen LogP contribution in [0.1, 0.15) is 0 Å². The number of carbonyl (C=O) groups excluding carboxylic acids is 1. The number of carbonyl (C=O) groups is 1. The van der Waals surface area contributed by atoms with Gasteiger partial charge < -0.3 is 5.32 Å². The van der Waals surface area contributed by atoms with Crippen LogP contribution in [0.5, 0.6) is 0 Å². The van der Waals surface area contributed by atoms with Crippen molar-refractivity contribution in [3.63, 3.8) is 0 Å². The first kappa shape index (κ1) is 19.7. The molecule has 0 atom stereocenters. The van der Waals surface area contributed by atoms with Crippen LogP contribution < -0.4 is 9.62 Å². The Labute approximate surface area is 160 Å². The van der Waals surface area contributed by atoms with Crippen LogP contribution in [0, 0.1) is 0 Å². The van der Waals surface area contributed by atoms with Gasteiger partial charge in [-0.3, -0.25) is 9.10 Å². The Kier molecular flexibility index (Phi) is 7.27. The zero-order valence-electron chi connectivity index (χ0n) is 13.6. The fraction of sp³-hybridized carbons (Fsp3) is 0.250. The molecule has 0 aliphatic heterocycles. The summed E-state index contributed by atoms with van der Waals surface area (Å²) in [5, 5.41) is 3.61. The van der Waals surface area contributed by atoms with Gasteiger partial charge in [0.1, 0.15) is 6.54 Å². The van der Waals surface area contributed by atoms with E-state index in [-0.39, 0.29) is 12.5 Å². The molecule has 25 heavy (non-hydrogen) atoms. The van der Waals surface area contributed by atoms with Gasteiger partial charge in [0, 0.05) is 23.0 Å². The van der Waals surface area contributed by atoms with Crippen molar-refractivity contribution in [3.05, 3.63) is 53.1 Å². The number of para-hydroxylation sites is 1. The minimum Gasteiger partial charge on any atom is -0.354 e. The van der Waals surface area contributed by atoms with Crippen LogP contribution in [-0.4, -0.2) is 44.4 Å². The van der Waals surface area contributed by atoms with E-state index in [1.165, 1.54) is 11.8 Å². The molecule has 0 unspecified atom stereocenters. The lowest BCUT2D eigenvalue weighted by atomic mass is 10.3. The molecule has 2 rings (SSSR count). The van der Waals surface area contributed by atoms with Gasteiger partial charge in [-0.1, -0.05) is 18.2 Å². The van der Waals surface area contributed by atoms with Crippen LogP contribution in [0.4, 0.5) is 5.69 Å². The predicted molar refractivity (Wildman–Crippen MR) is 104 cm³/mol. The number of pyridine rings is 1. The summed E-state index contributed by atoms with van der Waals surface area (Å²) in [5.41, 5.74) is 0.433. The first-order valence-corrected chi connectivity index (χ1v) is 11.0. The van der Waals surface area contributed by atoms with Gasteiger partial charge in [0.2, 0.25) is 15.9 Å². The highest BCUT2D eigenvalue weighted by molar-refractivity contribution is 9.10. The second-order valence-corrected chi connectivity index (χ2v) is 8.96. The number of sulfonamides is 1. The number of halogens is 1. The Morgan fingerprint density at radius 2 is 1.96 bits per heavy atom. The quantitative estimate of drug-likeness (QED) is 0.500. The molecule has 0 fully saturated rings. The highest BCUT2D eigenvalue weighted by Gasteiger charge is 2.22. The minimum absolute atomic E-state index is 0.268. The molecule has 1 amide bonds. The molecule has 0 bridgehead atoms. The van der Waals surface area contributed by atoms with Crippen LogP contribution in [-0.2, 0) is 14.8 Å². The van der Waals surface area contributed by atoms with Gasteiger partial charge in [-0.2, -0.15) is 0 Å². The smallest absolute Gasteiger partial charge is 0.240 e. The number of aromatic nitrogens is 1. The second kappa shape index (κ2) is 9.21. The van der Waals surface area contributed by atoms with Crippen molar-refractivity contribution in [2.24, 2.45) is 0 Å². The number of nitrogens with one attached hydrogen (secondary N) is 1. The molecule has 0 saturated carbocycles. The lowest BCUT2D eigenvalue weighted by Crippen LogP contribution is -2.41. The summed E-state index contributed by atoms with van der Waals surface area (Å²) >= 11 is 4.84. The molecule has 1 N–H and O–H groups in total. The third-order valence-electron chi connectivity index (χ3n) is 3.12. The summed E-state index contributed by atoms with van der Waals surface area (Å²) in [4.78, 5) is 16.3. The molecular weight excluding hydrogens is 426 g/mol. The van der Waals surface area contributed by atoms with Crippen LogP contribution in [0.25, 0.3) is 0 Å². The monoisotopic (exact) mass is 443 g/mol. The van der Waals surface area contributed by atoms with Crippen LogP contribution in [0.15, 0.2) is 58.2 Å². The first-order chi connectivity index (χ1) is 11.9. The van der Waals surface area contributed by atoms with E-state index in [0.29, 0.717) is 22.5 Å². The van der Waals surface area contributed by atoms with Crippen molar-refractivity contribution < 1.29 is 13.2 Å². The zero-order chi connectivity index (χ0) is 18.3. The summed E-state index contributed by atoms with van der Waals surface area (Å²) in [6.45, 7) is 0.156. The van der Waals surface area contributed by atoms with Crippen LogP contribution in [0.2, 0.25) is 0 Å². The molecule has 0 spiro atoms. The lowest BCUT2D eigenvalue weighted by molar-refractivity contribution is -0.119. The van der Waals surface area contributed by atoms with E-state index in [2.05, 4.69) is 26.2 Å². The van der Waals surface area contributed by atoms with Crippen molar-refractivity contribution in [1.82, 2.24) is 10.3 Å². The summed E-state index contributed by atoms with van der Waals surface area (Å²) in [6.07, 6.45) is 2.79. The summed E-state index contributed by atoms with van der Waals surface area (Å²) in [5.74, 6) is 0.291. The van der Waals surface area contributed by atoms with Gasteiger partial charge in [-0.15, -0.1) is 11.8 Å². The predicted octanol–water partition coefficient (Wildman–Crippen LogP) is 2.52. The van der Waals surface area contributed by atoms with Gasteiger partial charge in [0.05, 0.1) is 17.0 Å². The van der Waals surface area contributed by atoms with Gasteiger partial charge in [-0.05, 0) is 40.2 Å². The average Bonchev–Trinajstić information content (AvgIpc) is 2.57. The van der Waals surface area contributed by atoms with Crippen molar-refractivity contribution in [2.75, 3.05) is 29.4 Å². The minimum atomic E-state index is -3.58. The second-order valence-electron chi connectivity index (χ2n) is 5.09. The summed E-state index contributed by atoms with van der Waals surface area (Å²) < 4.78 is 25.8. The molecule has 6 nitrogen and oxygen atoms in total. The fourth-order valence-corrected chi connectivity index (χ4v) is 4.21. The number of anilines is 1. The van der Waals surface area contributed by atoms with E-state index < -0.39 is 10.0 Å². The summed E-state index contributed by atoms with van der Waals surface area (Å²) in [6, 6.07) is 12.5. The number of rotatable bonds is 8. The molecule has 1 aromatic carbocycles. The number of benzene rings is 1. The molecule has 1 aromatic heterocycles. The molecule has 0 aliphatic rings. The third-order valence-corrected chi connectivity index (χ3v) is 5.86. The zero-order valence-corrected chi connectivity index (χ0v) is 16.8. The number of amides is 1. The number of thioether (sulfide) groups is 1. The maximum absolute atomic E-state index is 12.1. The highest BCUT2D eigenvalue weighted by atomic mass is 79.9. The van der Waals surface area contributed by atoms with Gasteiger partial charge >= 0.3 is 0 Å². The molecular formula is C16H18BrN3O3S2. The van der Waals surface area contributed by atoms with Gasteiger partial charge in [-0.25, -0.2) is 13.4 Å². The van der Waals surface area contributed by atoms with Crippen molar-refractivity contribution in [1.29, 1.82) is 0 Å². The fourth-order valence-electron chi connectivity index (χ4n) is 2.00. The topological polar surface area (TPSA) is 79.4 Å². The molecule has 0 saturated heterocycles. The number of hydrogen-bond donors (Lipinski definition) is 1. The molecule has 0 aliphatic carbocycles. The van der Waals surface area contributed by atoms with Crippen molar-refractivity contribution in [2.45, 2.75) is 5.03 Å². The molecule has 1 heterocycles. The Morgan fingerprint density at radius 3 is 2.60 bits per heavy atom. The molecule has 0 radical (unpaired) electrons. The third kappa shape index (κ3) is 6.33. The SMILES string of the molecule is CS(=O)(=O)N(CC(=O)NCCSc1ccccn1)c1ccccc1Br. The molecule has 134 valence electrons. The van der Waals surface area contributed by atoms with Gasteiger partial charge in [0.25, 0.3) is 0 Å². The van der Waals surface area contributed by atoms with Crippen LogP contribution in [0.3, 0.4) is 0 Å². The summed E-state index contributed by atoms with van der Waals surface area (Å²) in [7, 11) is -3.58. The van der Waals surface area contributed by atoms with E-state index in [1.54, 1.807) is 30.5 Å². The maximum Gasteiger partial charge on any atom is 0.240 e. The number of nitrogens with zero attached hydrogens (tertiary/aromatic N) is 2. The Balaban J connectivity index is 1.91. The van der Waals surface area contributed by atoms with Crippen molar-refractivity contribution in [3.8, 4) is 0 Å². The lowest BCUT2D eigenvalue weighted by Gasteiger charge is -2.23. The van der Waals surface area contributed by atoms with Crippen molar-refractivity contribution >= 4 is 49.3 Å². The average molecular weight is 444 g/mol. The highest BCUT2D eigenvalue weighted by Crippen LogP contribution is 2.27. The van der Waals surface area contributed by atoms with E-state index >= 15 is 0 Å². The van der Waals surface area contributed by atoms with E-state index in [9.17, 15) is 13.2 Å². The molecule has 9 heteroatoms. The van der Waals surface area contributed by atoms with E-state index in [0.717, 1.165) is 15.6 Å². The standard InChI is InChI=1S/C16H18BrN3O3S2/c1-25(22,23)20(14-7-3-2-6-13(14)17)12-15(21)18-10-11-24-16-8-4-5-9-19-16/h2-9H,10-12H2,1H3,(H,18,21). The van der Waals surface area contributed by atoms with Crippen LogP contribution >= 0.6 is 27.7 Å². The normalized spacial score (nSPS) is 11.1. The Morgan fingerprint density at radius 1 is 1.24 bits per heavy atom. The number of hydrogen-bond acceptors (Lipinski definition) is 5. The van der Waals surface area contributed by atoms with Gasteiger partial charge in [0.15, 0.2) is 0 Å². The molecule has 2 aromatic rings. The first-order valence-electron chi connectivity index (χ1n) is 7.40. The largest absolute Gasteiger partial charge is 0.354 e. The maximum atomic E-state index is 12.1. The van der Waals surface area contributed by atoms with E-state index in [4.69, 9.17) is 0 Å². The Bertz CT molecular complexity index is 816. The van der Waals surface area contributed by atoms with E-state index in [1.807, 2.05) is 18.2 Å². The Hall–Kier alpha value is -1.58.